The Bertz CT molecular complexity index is 940. The molecular weight excluding hydrogens is 352 g/mol. The number of Topliss-reactive ketones (excluding diaryl/α,β-unsaturated/α-hetero) is 4. The lowest BCUT2D eigenvalue weighted by atomic mass is 9.97. The summed E-state index contributed by atoms with van der Waals surface area (Å²) in [5.41, 5.74) is 1.50. The molecule has 0 N–H and O–H groups in total. The molecule has 0 amide bonds. The van der Waals surface area contributed by atoms with Gasteiger partial charge in [-0.2, -0.15) is 0 Å². The largest absolute Gasteiger partial charge is 0.294 e. The molecule has 0 bridgehead atoms. The first-order valence-corrected chi connectivity index (χ1v) is 8.87. The molecule has 0 aliphatic carbocycles. The quantitative estimate of drug-likeness (QED) is 0.429. The Labute approximate surface area is 162 Å². The summed E-state index contributed by atoms with van der Waals surface area (Å²) in [7, 11) is 0. The van der Waals surface area contributed by atoms with Crippen LogP contribution in [0.5, 0.6) is 0 Å². The fraction of sp³-hybridized carbons (Fsp3) is 0.0833. The molecule has 0 fully saturated rings. The molecule has 0 spiro atoms. The molecule has 28 heavy (non-hydrogen) atoms. The lowest BCUT2D eigenvalue weighted by Crippen LogP contribution is -2.11. The van der Waals surface area contributed by atoms with E-state index in [-0.39, 0.29) is 47.1 Å². The maximum atomic E-state index is 12.4. The monoisotopic (exact) mass is 370 g/mol. The Morgan fingerprint density at radius 2 is 0.750 bits per heavy atom. The summed E-state index contributed by atoms with van der Waals surface area (Å²) in [6, 6.07) is 23.3. The Morgan fingerprint density at radius 3 is 1.14 bits per heavy atom. The van der Waals surface area contributed by atoms with Crippen molar-refractivity contribution in [3.63, 3.8) is 0 Å². The highest BCUT2D eigenvalue weighted by Gasteiger charge is 2.17. The van der Waals surface area contributed by atoms with Gasteiger partial charge in [0, 0.05) is 22.3 Å². The van der Waals surface area contributed by atoms with Crippen molar-refractivity contribution in [1.29, 1.82) is 0 Å². The van der Waals surface area contributed by atoms with Gasteiger partial charge in [0.2, 0.25) is 0 Å². The molecule has 0 radical (unpaired) electrons. The molecule has 0 saturated carbocycles. The Balaban J connectivity index is 1.69. The van der Waals surface area contributed by atoms with Crippen molar-refractivity contribution in [3.05, 3.63) is 107 Å². The third kappa shape index (κ3) is 4.74. The fourth-order valence-electron chi connectivity index (χ4n) is 2.81. The first kappa shape index (κ1) is 19.1. The van der Waals surface area contributed by atoms with Gasteiger partial charge in [-0.3, -0.25) is 19.2 Å². The van der Waals surface area contributed by atoms with Gasteiger partial charge in [-0.25, -0.2) is 0 Å². The van der Waals surface area contributed by atoms with Crippen LogP contribution in [0, 0.1) is 0 Å². The normalized spacial score (nSPS) is 10.3. The summed E-state index contributed by atoms with van der Waals surface area (Å²) < 4.78 is 0. The molecule has 0 saturated heterocycles. The number of carbonyl (C=O) groups excluding carboxylic acids is 4. The maximum absolute atomic E-state index is 12.4. The van der Waals surface area contributed by atoms with Crippen LogP contribution in [-0.4, -0.2) is 23.1 Å². The fourth-order valence-corrected chi connectivity index (χ4v) is 2.81. The van der Waals surface area contributed by atoms with E-state index in [1.165, 1.54) is 6.07 Å². The van der Waals surface area contributed by atoms with E-state index >= 15 is 0 Å². The molecule has 0 atom stereocenters. The molecule has 0 unspecified atom stereocenters. The molecule has 0 aliphatic rings. The lowest BCUT2D eigenvalue weighted by molar-refractivity contribution is 0.0882. The van der Waals surface area contributed by atoms with Crippen molar-refractivity contribution in [2.75, 3.05) is 0 Å². The van der Waals surface area contributed by atoms with Crippen LogP contribution < -0.4 is 0 Å². The second-order valence-electron chi connectivity index (χ2n) is 6.36. The van der Waals surface area contributed by atoms with E-state index in [2.05, 4.69) is 0 Å². The molecule has 3 aromatic carbocycles. The van der Waals surface area contributed by atoms with E-state index in [4.69, 9.17) is 0 Å². The van der Waals surface area contributed by atoms with Gasteiger partial charge in [0.25, 0.3) is 0 Å². The predicted molar refractivity (Wildman–Crippen MR) is 106 cm³/mol. The van der Waals surface area contributed by atoms with E-state index in [1.807, 2.05) is 0 Å². The molecular formula is C24H18O4. The summed E-state index contributed by atoms with van der Waals surface area (Å²) in [6.45, 7) is 0. The topological polar surface area (TPSA) is 68.3 Å². The zero-order valence-electron chi connectivity index (χ0n) is 15.1. The summed E-state index contributed by atoms with van der Waals surface area (Å²) in [6.07, 6.45) is -0.546. The van der Waals surface area contributed by atoms with Gasteiger partial charge in [0.1, 0.15) is 0 Å². The highest BCUT2D eigenvalue weighted by Crippen LogP contribution is 2.14. The molecule has 0 heterocycles. The molecule has 4 nitrogen and oxygen atoms in total. The van der Waals surface area contributed by atoms with Crippen LogP contribution in [0.25, 0.3) is 0 Å². The number of ketones is 4. The van der Waals surface area contributed by atoms with Gasteiger partial charge >= 0.3 is 0 Å². The maximum Gasteiger partial charge on any atom is 0.170 e. The van der Waals surface area contributed by atoms with E-state index in [9.17, 15) is 19.2 Å². The first-order chi connectivity index (χ1) is 13.5. The minimum atomic E-state index is -0.363. The summed E-state index contributed by atoms with van der Waals surface area (Å²) >= 11 is 0. The first-order valence-electron chi connectivity index (χ1n) is 8.87. The lowest BCUT2D eigenvalue weighted by Gasteiger charge is -2.05. The van der Waals surface area contributed by atoms with Crippen molar-refractivity contribution in [2.45, 2.75) is 12.8 Å². The Morgan fingerprint density at radius 1 is 0.429 bits per heavy atom. The summed E-state index contributed by atoms with van der Waals surface area (Å²) in [5, 5.41) is 0. The van der Waals surface area contributed by atoms with Crippen LogP contribution in [0.3, 0.4) is 0 Å². The van der Waals surface area contributed by atoms with Gasteiger partial charge in [0.15, 0.2) is 23.1 Å². The summed E-state index contributed by atoms with van der Waals surface area (Å²) in [4.78, 5) is 49.3. The van der Waals surface area contributed by atoms with Crippen LogP contribution >= 0.6 is 0 Å². The van der Waals surface area contributed by atoms with Gasteiger partial charge in [-0.15, -0.1) is 0 Å². The summed E-state index contributed by atoms with van der Waals surface area (Å²) in [5.74, 6) is -1.28. The minimum absolute atomic E-state index is 0.273. The third-order valence-corrected chi connectivity index (χ3v) is 4.34. The number of benzene rings is 3. The second-order valence-corrected chi connectivity index (χ2v) is 6.36. The van der Waals surface area contributed by atoms with Crippen molar-refractivity contribution in [1.82, 2.24) is 0 Å². The van der Waals surface area contributed by atoms with Gasteiger partial charge in [0.05, 0.1) is 12.8 Å². The second kappa shape index (κ2) is 8.82. The third-order valence-electron chi connectivity index (χ3n) is 4.34. The van der Waals surface area contributed by atoms with E-state index in [1.54, 1.807) is 78.9 Å². The van der Waals surface area contributed by atoms with Crippen LogP contribution in [0.2, 0.25) is 0 Å². The Hall–Kier alpha value is -3.66. The molecule has 138 valence electrons. The van der Waals surface area contributed by atoms with Crippen molar-refractivity contribution in [3.8, 4) is 0 Å². The SMILES string of the molecule is O=C(CC(=O)c1cccc(C(=O)CC(=O)c2ccccc2)c1)c1ccccc1. The van der Waals surface area contributed by atoms with Crippen LogP contribution in [-0.2, 0) is 0 Å². The smallest absolute Gasteiger partial charge is 0.170 e. The van der Waals surface area contributed by atoms with Crippen LogP contribution in [0.15, 0.2) is 84.9 Å². The van der Waals surface area contributed by atoms with Crippen LogP contribution in [0.4, 0.5) is 0 Å². The predicted octanol–water partition coefficient (Wildman–Crippen LogP) is 4.60. The van der Waals surface area contributed by atoms with Crippen LogP contribution in [0.1, 0.15) is 54.3 Å². The number of hydrogen-bond donors (Lipinski definition) is 0. The molecule has 0 aliphatic heterocycles. The van der Waals surface area contributed by atoms with Gasteiger partial charge in [-0.05, 0) is 6.07 Å². The Kier molecular flexibility index (Phi) is 6.02. The molecule has 3 aromatic rings. The minimum Gasteiger partial charge on any atom is -0.294 e. The van der Waals surface area contributed by atoms with E-state index in [0.29, 0.717) is 11.1 Å². The van der Waals surface area contributed by atoms with E-state index in [0.717, 1.165) is 0 Å². The zero-order chi connectivity index (χ0) is 19.9. The zero-order valence-corrected chi connectivity index (χ0v) is 15.1. The standard InChI is InChI=1S/C24H18O4/c25-21(17-8-3-1-4-9-17)15-23(27)19-12-7-13-20(14-19)24(28)16-22(26)18-10-5-2-6-11-18/h1-14H,15-16H2. The molecule has 0 aromatic heterocycles. The molecule has 4 heteroatoms. The number of hydrogen-bond acceptors (Lipinski definition) is 4. The number of carbonyl (C=O) groups is 4. The highest BCUT2D eigenvalue weighted by molar-refractivity contribution is 6.16. The average Bonchev–Trinajstić information content (AvgIpc) is 2.75. The van der Waals surface area contributed by atoms with Crippen molar-refractivity contribution < 1.29 is 19.2 Å². The van der Waals surface area contributed by atoms with Gasteiger partial charge in [-0.1, -0.05) is 78.9 Å². The van der Waals surface area contributed by atoms with Gasteiger partial charge < -0.3 is 0 Å². The highest BCUT2D eigenvalue weighted by atomic mass is 16.2. The molecule has 3 rings (SSSR count). The average molecular weight is 370 g/mol. The van der Waals surface area contributed by atoms with E-state index < -0.39 is 0 Å². The number of rotatable bonds is 8. The van der Waals surface area contributed by atoms with Crippen molar-refractivity contribution >= 4 is 23.1 Å². The van der Waals surface area contributed by atoms with Crippen molar-refractivity contribution in [2.24, 2.45) is 0 Å².